The number of carbonyl (C=O) groups excluding carboxylic acids is 1. The lowest BCUT2D eigenvalue weighted by Gasteiger charge is -2.27. The van der Waals surface area contributed by atoms with Crippen LogP contribution in [0.4, 0.5) is 5.69 Å². The number of amides is 1. The highest BCUT2D eigenvalue weighted by atomic mass is 35.5. The number of fused-ring (bicyclic) bond motifs is 1. The molecule has 4 heteroatoms. The number of carbonyl (C=O) groups is 1. The largest absolute Gasteiger partial charge is 0.313 e. The number of hydrogen-bond donors (Lipinski definition) is 0. The van der Waals surface area contributed by atoms with Gasteiger partial charge in [0.1, 0.15) is 0 Å². The first-order valence-electron chi connectivity index (χ1n) is 7.12. The highest BCUT2D eigenvalue weighted by Gasteiger charge is 2.47. The van der Waals surface area contributed by atoms with Crippen molar-refractivity contribution in [2.45, 2.75) is 45.4 Å². The Kier molecular flexibility index (Phi) is 4.36. The minimum absolute atomic E-state index is 0.114. The molecule has 2 nitrogen and oxygen atoms in total. The van der Waals surface area contributed by atoms with Gasteiger partial charge in [-0.2, -0.15) is 0 Å². The first-order valence-corrected chi connectivity index (χ1v) is 7.88. The second kappa shape index (κ2) is 5.57. The van der Waals surface area contributed by atoms with Gasteiger partial charge in [-0.1, -0.05) is 49.9 Å². The van der Waals surface area contributed by atoms with Crippen LogP contribution in [0.15, 0.2) is 12.1 Å². The van der Waals surface area contributed by atoms with Crippen LogP contribution in [-0.4, -0.2) is 13.0 Å². The third kappa shape index (κ3) is 2.33. The number of benzene rings is 1. The van der Waals surface area contributed by atoms with Gasteiger partial charge in [-0.05, 0) is 37.0 Å². The van der Waals surface area contributed by atoms with Crippen LogP contribution >= 0.6 is 23.2 Å². The third-order valence-electron chi connectivity index (χ3n) is 4.59. The van der Waals surface area contributed by atoms with E-state index in [1.807, 2.05) is 13.0 Å². The zero-order valence-corrected chi connectivity index (χ0v) is 14.0. The van der Waals surface area contributed by atoms with Gasteiger partial charge in [-0.3, -0.25) is 4.79 Å². The summed E-state index contributed by atoms with van der Waals surface area (Å²) in [4.78, 5) is 14.4. The van der Waals surface area contributed by atoms with Crippen LogP contribution in [0.2, 0.25) is 10.0 Å². The maximum Gasteiger partial charge on any atom is 0.237 e. The van der Waals surface area contributed by atoms with E-state index >= 15 is 0 Å². The van der Waals surface area contributed by atoms with Crippen LogP contribution in [-0.2, 0) is 10.2 Å². The number of hydrogen-bond acceptors (Lipinski definition) is 1. The standard InChI is InChI=1S/C16H21Cl2NO/c1-5-10(6-2)9-16(3)12-7-11(17)8-13(18)14(12)19(4)15(16)20/h7-8,10H,5-6,9H2,1-4H3. The van der Waals surface area contributed by atoms with Crippen molar-refractivity contribution in [2.75, 3.05) is 11.9 Å². The van der Waals surface area contributed by atoms with E-state index < -0.39 is 5.41 Å². The van der Waals surface area contributed by atoms with Crippen molar-refractivity contribution in [3.05, 3.63) is 27.7 Å². The number of rotatable bonds is 4. The molecule has 0 spiro atoms. The zero-order chi connectivity index (χ0) is 15.1. The van der Waals surface area contributed by atoms with Crippen LogP contribution in [0.3, 0.4) is 0 Å². The minimum Gasteiger partial charge on any atom is -0.313 e. The lowest BCUT2D eigenvalue weighted by atomic mass is 9.75. The van der Waals surface area contributed by atoms with Crippen molar-refractivity contribution < 1.29 is 4.79 Å². The molecule has 1 unspecified atom stereocenters. The molecule has 1 aromatic rings. The Bertz CT molecular complexity index is 540. The van der Waals surface area contributed by atoms with E-state index in [0.717, 1.165) is 30.5 Å². The topological polar surface area (TPSA) is 20.3 Å². The molecule has 0 bridgehead atoms. The molecule has 1 heterocycles. The van der Waals surface area contributed by atoms with E-state index in [9.17, 15) is 4.79 Å². The lowest BCUT2D eigenvalue weighted by Crippen LogP contribution is -2.37. The maximum absolute atomic E-state index is 12.7. The van der Waals surface area contributed by atoms with Crippen molar-refractivity contribution >= 4 is 34.8 Å². The van der Waals surface area contributed by atoms with Gasteiger partial charge in [-0.15, -0.1) is 0 Å². The first kappa shape index (κ1) is 15.7. The molecule has 110 valence electrons. The molecule has 0 saturated heterocycles. The fourth-order valence-electron chi connectivity index (χ4n) is 3.27. The average Bonchev–Trinajstić information content (AvgIpc) is 2.59. The number of anilines is 1. The molecular weight excluding hydrogens is 293 g/mol. The zero-order valence-electron chi connectivity index (χ0n) is 12.5. The normalized spacial score (nSPS) is 21.8. The van der Waals surface area contributed by atoms with Gasteiger partial charge < -0.3 is 4.90 Å². The fourth-order valence-corrected chi connectivity index (χ4v) is 3.89. The van der Waals surface area contributed by atoms with E-state index in [-0.39, 0.29) is 5.91 Å². The van der Waals surface area contributed by atoms with Gasteiger partial charge in [-0.25, -0.2) is 0 Å². The van der Waals surface area contributed by atoms with Crippen LogP contribution in [0.5, 0.6) is 0 Å². The van der Waals surface area contributed by atoms with Crippen LogP contribution < -0.4 is 4.90 Å². The summed E-state index contributed by atoms with van der Waals surface area (Å²) < 4.78 is 0. The number of likely N-dealkylation sites (N-methyl/N-ethyl adjacent to an activating group) is 1. The summed E-state index contributed by atoms with van der Waals surface area (Å²) in [6.45, 7) is 6.36. The monoisotopic (exact) mass is 313 g/mol. The molecule has 0 fully saturated rings. The predicted octanol–water partition coefficient (Wildman–Crippen LogP) is 5.05. The van der Waals surface area contributed by atoms with Gasteiger partial charge in [0, 0.05) is 12.1 Å². The van der Waals surface area contributed by atoms with Crippen molar-refractivity contribution in [2.24, 2.45) is 5.92 Å². The maximum atomic E-state index is 12.7. The van der Waals surface area contributed by atoms with Crippen LogP contribution in [0.1, 0.15) is 45.6 Å². The molecule has 1 aliphatic heterocycles. The second-order valence-electron chi connectivity index (χ2n) is 5.87. The van der Waals surface area contributed by atoms with E-state index in [2.05, 4.69) is 13.8 Å². The number of halogens is 2. The minimum atomic E-state index is -0.519. The molecule has 0 aliphatic carbocycles. The molecule has 1 atom stereocenters. The van der Waals surface area contributed by atoms with Gasteiger partial charge in [0.15, 0.2) is 0 Å². The summed E-state index contributed by atoms with van der Waals surface area (Å²) in [7, 11) is 1.79. The molecule has 1 aromatic carbocycles. The number of nitrogens with zero attached hydrogens (tertiary/aromatic N) is 1. The summed E-state index contributed by atoms with van der Waals surface area (Å²) in [5.74, 6) is 0.643. The molecule has 1 amide bonds. The first-order chi connectivity index (χ1) is 9.35. The molecule has 0 aromatic heterocycles. The van der Waals surface area contributed by atoms with E-state index in [1.54, 1.807) is 18.0 Å². The highest BCUT2D eigenvalue weighted by Crippen LogP contribution is 2.49. The Morgan fingerprint density at radius 1 is 1.25 bits per heavy atom. The molecule has 20 heavy (non-hydrogen) atoms. The average molecular weight is 314 g/mol. The lowest BCUT2D eigenvalue weighted by molar-refractivity contribution is -0.123. The Hall–Kier alpha value is -0.730. The second-order valence-corrected chi connectivity index (χ2v) is 6.71. The van der Waals surface area contributed by atoms with E-state index in [1.165, 1.54) is 0 Å². The summed E-state index contributed by atoms with van der Waals surface area (Å²) in [5, 5.41) is 1.14. The van der Waals surface area contributed by atoms with Gasteiger partial charge in [0.2, 0.25) is 5.91 Å². The highest BCUT2D eigenvalue weighted by molar-refractivity contribution is 6.38. The third-order valence-corrected chi connectivity index (χ3v) is 5.09. The predicted molar refractivity (Wildman–Crippen MR) is 85.9 cm³/mol. The Labute approximate surface area is 131 Å². The molecule has 0 radical (unpaired) electrons. The van der Waals surface area contributed by atoms with Gasteiger partial charge in [0.05, 0.1) is 16.1 Å². The SMILES string of the molecule is CCC(CC)CC1(C)C(=O)N(C)c2c(Cl)cc(Cl)cc21. The van der Waals surface area contributed by atoms with Crippen LogP contribution in [0, 0.1) is 5.92 Å². The van der Waals surface area contributed by atoms with Gasteiger partial charge in [0.25, 0.3) is 0 Å². The summed E-state index contributed by atoms with van der Waals surface area (Å²) in [5.41, 5.74) is 1.26. The molecule has 2 rings (SSSR count). The van der Waals surface area contributed by atoms with Gasteiger partial charge >= 0.3 is 0 Å². The van der Waals surface area contributed by atoms with E-state index in [0.29, 0.717) is 16.0 Å². The van der Waals surface area contributed by atoms with Crippen molar-refractivity contribution in [3.8, 4) is 0 Å². The smallest absolute Gasteiger partial charge is 0.237 e. The quantitative estimate of drug-likeness (QED) is 0.761. The molecule has 1 aliphatic rings. The van der Waals surface area contributed by atoms with Crippen molar-refractivity contribution in [3.63, 3.8) is 0 Å². The van der Waals surface area contributed by atoms with E-state index in [4.69, 9.17) is 23.2 Å². The molecular formula is C16H21Cl2NO. The Morgan fingerprint density at radius 2 is 1.85 bits per heavy atom. The molecule has 0 N–H and O–H groups in total. The Balaban J connectivity index is 2.54. The van der Waals surface area contributed by atoms with Crippen molar-refractivity contribution in [1.29, 1.82) is 0 Å². The Morgan fingerprint density at radius 3 is 2.40 bits per heavy atom. The van der Waals surface area contributed by atoms with Crippen molar-refractivity contribution in [1.82, 2.24) is 0 Å². The van der Waals surface area contributed by atoms with Crippen LogP contribution in [0.25, 0.3) is 0 Å². The molecule has 0 saturated carbocycles. The fraction of sp³-hybridized carbons (Fsp3) is 0.562. The summed E-state index contributed by atoms with van der Waals surface area (Å²) in [6.07, 6.45) is 2.99. The summed E-state index contributed by atoms with van der Waals surface area (Å²) in [6, 6.07) is 3.60. The summed E-state index contributed by atoms with van der Waals surface area (Å²) >= 11 is 12.4.